The van der Waals surface area contributed by atoms with Crippen LogP contribution in [0.4, 0.5) is 4.39 Å². The Labute approximate surface area is 151 Å². The molecule has 0 spiro atoms. The summed E-state index contributed by atoms with van der Waals surface area (Å²) in [4.78, 5) is 4.92. The molecule has 0 amide bonds. The first-order valence-electron chi connectivity index (χ1n) is 8.57. The topological polar surface area (TPSA) is 47.4 Å². The van der Waals surface area contributed by atoms with Crippen molar-refractivity contribution in [3.63, 3.8) is 0 Å². The van der Waals surface area contributed by atoms with Crippen molar-refractivity contribution in [3.8, 4) is 0 Å². The van der Waals surface area contributed by atoms with Crippen LogP contribution in [0.1, 0.15) is 42.3 Å². The number of methoxy groups -OCH3 is 1. The van der Waals surface area contributed by atoms with Gasteiger partial charge in [-0.15, -0.1) is 10.2 Å². The summed E-state index contributed by atoms with van der Waals surface area (Å²) >= 11 is 0. The summed E-state index contributed by atoms with van der Waals surface area (Å²) in [6.45, 7) is 5.76. The van der Waals surface area contributed by atoms with E-state index in [1.807, 2.05) is 44.2 Å². The van der Waals surface area contributed by atoms with Crippen LogP contribution in [0.25, 0.3) is 10.9 Å². The number of ether oxygens (including phenoxy) is 1. The first kappa shape index (κ1) is 16.8. The van der Waals surface area contributed by atoms with Crippen molar-refractivity contribution in [3.05, 3.63) is 70.7 Å². The predicted octanol–water partition coefficient (Wildman–Crippen LogP) is 4.39. The first-order valence-corrected chi connectivity index (χ1v) is 8.57. The lowest BCUT2D eigenvalue weighted by molar-refractivity contribution is 0.0469. The molecule has 5 heteroatoms. The number of aliphatic imine (C=N–C) groups is 1. The summed E-state index contributed by atoms with van der Waals surface area (Å²) in [6.07, 6.45) is -0.328. The Kier molecular flexibility index (Phi) is 3.84. The van der Waals surface area contributed by atoms with Crippen LogP contribution in [0.5, 0.6) is 0 Å². The van der Waals surface area contributed by atoms with Gasteiger partial charge in [-0.1, -0.05) is 18.2 Å². The zero-order chi connectivity index (χ0) is 18.5. The van der Waals surface area contributed by atoms with Gasteiger partial charge in [0.2, 0.25) is 0 Å². The van der Waals surface area contributed by atoms with Gasteiger partial charge in [0.15, 0.2) is 0 Å². The SMILES string of the molecule is COC1c2c(ccc(F)c2C)C(c2cc3ccccc3nn2)=NC1(C)C. The molecule has 1 aliphatic heterocycles. The zero-order valence-electron chi connectivity index (χ0n) is 15.2. The number of aromatic nitrogens is 2. The fourth-order valence-corrected chi connectivity index (χ4v) is 3.71. The molecule has 3 aromatic rings. The zero-order valence-corrected chi connectivity index (χ0v) is 15.2. The monoisotopic (exact) mass is 349 g/mol. The Morgan fingerprint density at radius 3 is 2.62 bits per heavy atom. The molecule has 0 bridgehead atoms. The van der Waals surface area contributed by atoms with Crippen LogP contribution in [-0.2, 0) is 4.74 Å². The maximum Gasteiger partial charge on any atom is 0.126 e. The molecule has 0 saturated heterocycles. The van der Waals surface area contributed by atoms with Gasteiger partial charge in [0.25, 0.3) is 0 Å². The van der Waals surface area contributed by atoms with E-state index in [1.165, 1.54) is 6.07 Å². The van der Waals surface area contributed by atoms with Crippen LogP contribution < -0.4 is 0 Å². The summed E-state index contributed by atoms with van der Waals surface area (Å²) in [5.41, 5.74) is 3.94. The fraction of sp³-hybridized carbons (Fsp3) is 0.286. The van der Waals surface area contributed by atoms with Gasteiger partial charge in [-0.3, -0.25) is 4.99 Å². The van der Waals surface area contributed by atoms with E-state index in [4.69, 9.17) is 9.73 Å². The second-order valence-corrected chi connectivity index (χ2v) is 7.15. The number of hydrogen-bond acceptors (Lipinski definition) is 4. The van der Waals surface area contributed by atoms with Crippen LogP contribution in [-0.4, -0.2) is 28.6 Å². The third-order valence-electron chi connectivity index (χ3n) is 4.98. The lowest BCUT2D eigenvalue weighted by Gasteiger charge is -2.37. The van der Waals surface area contributed by atoms with E-state index in [0.717, 1.165) is 27.7 Å². The molecule has 26 heavy (non-hydrogen) atoms. The number of halogens is 1. The summed E-state index contributed by atoms with van der Waals surface area (Å²) in [7, 11) is 1.64. The highest BCUT2D eigenvalue weighted by atomic mass is 19.1. The Bertz CT molecular complexity index is 1040. The van der Waals surface area contributed by atoms with E-state index in [-0.39, 0.29) is 11.9 Å². The maximum atomic E-state index is 14.3. The highest BCUT2D eigenvalue weighted by Crippen LogP contribution is 2.41. The minimum absolute atomic E-state index is 0.243. The van der Waals surface area contributed by atoms with Crippen LogP contribution in [0.15, 0.2) is 47.5 Å². The molecule has 4 nitrogen and oxygen atoms in total. The normalized spacial score (nSPS) is 18.5. The van der Waals surface area contributed by atoms with E-state index >= 15 is 0 Å². The third-order valence-corrected chi connectivity index (χ3v) is 4.98. The van der Waals surface area contributed by atoms with Crippen molar-refractivity contribution in [1.82, 2.24) is 10.2 Å². The number of nitrogens with zero attached hydrogens (tertiary/aromatic N) is 3. The Hall–Kier alpha value is -2.66. The number of rotatable bonds is 2. The molecule has 0 aliphatic carbocycles. The average Bonchev–Trinajstić information content (AvgIpc) is 2.63. The van der Waals surface area contributed by atoms with Gasteiger partial charge in [0.1, 0.15) is 17.6 Å². The molecule has 2 aromatic carbocycles. The molecule has 4 rings (SSSR count). The second-order valence-electron chi connectivity index (χ2n) is 7.15. The van der Waals surface area contributed by atoms with Gasteiger partial charge in [0.05, 0.1) is 16.8 Å². The minimum atomic E-state index is -0.553. The van der Waals surface area contributed by atoms with Crippen molar-refractivity contribution in [2.24, 2.45) is 4.99 Å². The van der Waals surface area contributed by atoms with E-state index in [1.54, 1.807) is 20.1 Å². The lowest BCUT2D eigenvalue weighted by Crippen LogP contribution is -2.36. The van der Waals surface area contributed by atoms with Gasteiger partial charge in [-0.05, 0) is 56.2 Å². The van der Waals surface area contributed by atoms with Gasteiger partial charge in [-0.25, -0.2) is 4.39 Å². The minimum Gasteiger partial charge on any atom is -0.374 e. The number of benzene rings is 2. The summed E-state index contributed by atoms with van der Waals surface area (Å²) in [6, 6.07) is 13.0. The molecular weight excluding hydrogens is 329 g/mol. The Balaban J connectivity index is 1.98. The third kappa shape index (κ3) is 2.51. The van der Waals surface area contributed by atoms with Gasteiger partial charge >= 0.3 is 0 Å². The molecule has 1 aliphatic rings. The molecular formula is C21H20FN3O. The first-order chi connectivity index (χ1) is 12.4. The van der Waals surface area contributed by atoms with Crippen molar-refractivity contribution in [2.75, 3.05) is 7.11 Å². The molecule has 0 saturated carbocycles. The van der Waals surface area contributed by atoms with Crippen molar-refractivity contribution in [2.45, 2.75) is 32.4 Å². The van der Waals surface area contributed by atoms with Crippen LogP contribution in [0.3, 0.4) is 0 Å². The van der Waals surface area contributed by atoms with E-state index in [2.05, 4.69) is 10.2 Å². The van der Waals surface area contributed by atoms with Gasteiger partial charge in [-0.2, -0.15) is 0 Å². The summed E-state index contributed by atoms with van der Waals surface area (Å²) in [5, 5.41) is 9.70. The smallest absolute Gasteiger partial charge is 0.126 e. The number of hydrogen-bond donors (Lipinski definition) is 0. The lowest BCUT2D eigenvalue weighted by atomic mass is 9.81. The quantitative estimate of drug-likeness (QED) is 0.689. The molecule has 0 fully saturated rings. The highest BCUT2D eigenvalue weighted by molar-refractivity contribution is 6.14. The standard InChI is InChI=1S/C21H20FN3O/c1-12-15(22)10-9-14-18(12)20(26-4)21(2,3)23-19(14)17-11-13-7-5-6-8-16(13)24-25-17/h5-11,20H,1-4H3. The fourth-order valence-electron chi connectivity index (χ4n) is 3.71. The van der Waals surface area contributed by atoms with E-state index in [0.29, 0.717) is 11.3 Å². The molecule has 1 aromatic heterocycles. The number of fused-ring (bicyclic) bond motifs is 2. The second kappa shape index (κ2) is 5.95. The average molecular weight is 349 g/mol. The maximum absolute atomic E-state index is 14.3. The Morgan fingerprint density at radius 1 is 1.08 bits per heavy atom. The molecule has 1 atom stereocenters. The summed E-state index contributed by atoms with van der Waals surface area (Å²) < 4.78 is 20.0. The van der Waals surface area contributed by atoms with Crippen LogP contribution in [0.2, 0.25) is 0 Å². The van der Waals surface area contributed by atoms with Crippen LogP contribution >= 0.6 is 0 Å². The Morgan fingerprint density at radius 2 is 1.85 bits per heavy atom. The van der Waals surface area contributed by atoms with Crippen molar-refractivity contribution in [1.29, 1.82) is 0 Å². The van der Waals surface area contributed by atoms with Gasteiger partial charge in [0, 0.05) is 18.1 Å². The molecule has 132 valence electrons. The molecule has 0 N–H and O–H groups in total. The highest BCUT2D eigenvalue weighted by Gasteiger charge is 2.39. The van der Waals surface area contributed by atoms with E-state index in [9.17, 15) is 4.39 Å². The summed E-state index contributed by atoms with van der Waals surface area (Å²) in [5.74, 6) is -0.243. The molecule has 2 heterocycles. The predicted molar refractivity (Wildman–Crippen MR) is 100 cm³/mol. The van der Waals surface area contributed by atoms with Gasteiger partial charge < -0.3 is 4.74 Å². The largest absolute Gasteiger partial charge is 0.374 e. The van der Waals surface area contributed by atoms with Crippen LogP contribution in [0, 0.1) is 12.7 Å². The van der Waals surface area contributed by atoms with Crippen molar-refractivity contribution < 1.29 is 9.13 Å². The molecule has 0 radical (unpaired) electrons. The molecule has 1 unspecified atom stereocenters. The van der Waals surface area contributed by atoms with Crippen molar-refractivity contribution >= 4 is 16.6 Å². The van der Waals surface area contributed by atoms with E-state index < -0.39 is 5.54 Å².